The molecule has 1 unspecified atom stereocenters. The van der Waals surface area contributed by atoms with Crippen LogP contribution in [0, 0.1) is 0 Å². The number of hydrogen-bond donors (Lipinski definition) is 0. The summed E-state index contributed by atoms with van der Waals surface area (Å²) in [5.41, 5.74) is 2.95. The van der Waals surface area contributed by atoms with Gasteiger partial charge in [0, 0.05) is 16.7 Å². The smallest absolute Gasteiger partial charge is 0.331 e. The van der Waals surface area contributed by atoms with Gasteiger partial charge in [-0.2, -0.15) is 0 Å². The molecule has 0 bridgehead atoms. The van der Waals surface area contributed by atoms with Crippen molar-refractivity contribution >= 4 is 34.7 Å². The molecule has 2 aromatic carbocycles. The number of benzene rings is 2. The van der Waals surface area contributed by atoms with Crippen LogP contribution >= 0.6 is 11.6 Å². The van der Waals surface area contributed by atoms with Crippen LogP contribution in [0.15, 0.2) is 60.8 Å². The number of para-hydroxylation sites is 2. The van der Waals surface area contributed by atoms with E-state index in [0.29, 0.717) is 10.7 Å². The molecule has 1 atom stereocenters. The number of fused-ring (bicyclic) bond motifs is 1. The highest BCUT2D eigenvalue weighted by atomic mass is 35.5. The molecular weight excluding hydrogens is 324 g/mol. The average Bonchev–Trinajstić information content (AvgIpc) is 2.60. The van der Waals surface area contributed by atoms with Crippen LogP contribution in [0.5, 0.6) is 0 Å². The number of rotatable bonds is 4. The monoisotopic (exact) mass is 338 g/mol. The van der Waals surface area contributed by atoms with Crippen LogP contribution in [0.1, 0.15) is 24.3 Å². The van der Waals surface area contributed by atoms with E-state index < -0.39 is 12.1 Å². The molecule has 1 aromatic heterocycles. The van der Waals surface area contributed by atoms with Gasteiger partial charge in [0.15, 0.2) is 0 Å². The highest BCUT2D eigenvalue weighted by molar-refractivity contribution is 6.31. The molecular formula is C19H15ClN2O2. The van der Waals surface area contributed by atoms with Gasteiger partial charge in [-0.25, -0.2) is 9.78 Å². The fourth-order valence-electron chi connectivity index (χ4n) is 2.29. The molecule has 0 saturated carbocycles. The molecule has 0 saturated heterocycles. The maximum Gasteiger partial charge on any atom is 0.331 e. The molecule has 4 nitrogen and oxygen atoms in total. The summed E-state index contributed by atoms with van der Waals surface area (Å²) >= 11 is 6.10. The first-order valence-electron chi connectivity index (χ1n) is 7.48. The second-order valence-corrected chi connectivity index (χ2v) is 5.62. The molecule has 5 heteroatoms. The number of nitrogens with zero attached hydrogens (tertiary/aromatic N) is 2. The third kappa shape index (κ3) is 3.78. The third-order valence-electron chi connectivity index (χ3n) is 3.49. The molecule has 0 radical (unpaired) electrons. The van der Waals surface area contributed by atoms with Gasteiger partial charge in [0.25, 0.3) is 0 Å². The van der Waals surface area contributed by atoms with E-state index in [1.807, 2.05) is 42.5 Å². The minimum atomic E-state index is -0.461. The summed E-state index contributed by atoms with van der Waals surface area (Å²) < 4.78 is 5.37. The lowest BCUT2D eigenvalue weighted by molar-refractivity contribution is -0.142. The number of ether oxygens (including phenoxy) is 1. The fourth-order valence-corrected chi connectivity index (χ4v) is 2.58. The van der Waals surface area contributed by atoms with Crippen molar-refractivity contribution in [1.82, 2.24) is 9.97 Å². The molecule has 0 aliphatic rings. The van der Waals surface area contributed by atoms with Gasteiger partial charge in [0.2, 0.25) is 0 Å². The van der Waals surface area contributed by atoms with Crippen molar-refractivity contribution in [3.63, 3.8) is 0 Å². The predicted molar refractivity (Wildman–Crippen MR) is 94.5 cm³/mol. The molecule has 24 heavy (non-hydrogen) atoms. The van der Waals surface area contributed by atoms with Crippen LogP contribution in [0.25, 0.3) is 17.1 Å². The molecule has 0 amide bonds. The first kappa shape index (κ1) is 16.1. The van der Waals surface area contributed by atoms with Crippen LogP contribution < -0.4 is 0 Å². The lowest BCUT2D eigenvalue weighted by atomic mass is 10.1. The quantitative estimate of drug-likeness (QED) is 0.515. The van der Waals surface area contributed by atoms with Gasteiger partial charge in [0.05, 0.1) is 22.9 Å². The zero-order chi connectivity index (χ0) is 16.9. The highest BCUT2D eigenvalue weighted by Gasteiger charge is 2.12. The normalized spacial score (nSPS) is 12.4. The molecule has 120 valence electrons. The van der Waals surface area contributed by atoms with Gasteiger partial charge in [-0.1, -0.05) is 41.9 Å². The Morgan fingerprint density at radius 2 is 1.83 bits per heavy atom. The number of hydrogen-bond acceptors (Lipinski definition) is 4. The Bertz CT molecular complexity index is 909. The Hall–Kier alpha value is -2.72. The molecule has 0 aliphatic carbocycles. The Morgan fingerprint density at radius 1 is 1.12 bits per heavy atom. The number of esters is 1. The SMILES string of the molecule is CC(OC(=O)/C=C/c1cnc2ccccc2n1)c1ccccc1Cl. The Kier molecular flexibility index (Phi) is 4.87. The van der Waals surface area contributed by atoms with Gasteiger partial charge >= 0.3 is 5.97 Å². The Morgan fingerprint density at radius 3 is 2.62 bits per heavy atom. The summed E-state index contributed by atoms with van der Waals surface area (Å²) in [5.74, 6) is -0.461. The molecule has 0 fully saturated rings. The minimum Gasteiger partial charge on any atom is -0.455 e. The van der Waals surface area contributed by atoms with E-state index in [2.05, 4.69) is 9.97 Å². The maximum absolute atomic E-state index is 12.0. The Balaban J connectivity index is 1.69. The van der Waals surface area contributed by atoms with Crippen molar-refractivity contribution in [2.45, 2.75) is 13.0 Å². The van der Waals surface area contributed by atoms with E-state index in [0.717, 1.165) is 16.6 Å². The predicted octanol–water partition coefficient (Wildman–Crippen LogP) is 4.60. The lowest BCUT2D eigenvalue weighted by Crippen LogP contribution is -2.06. The standard InChI is InChI=1S/C19H15ClN2O2/c1-13(15-6-2-3-7-16(15)20)24-19(23)11-10-14-12-21-17-8-4-5-9-18(17)22-14/h2-13H,1H3/b11-10+. The van der Waals surface area contributed by atoms with Crippen molar-refractivity contribution in [3.05, 3.63) is 77.1 Å². The van der Waals surface area contributed by atoms with Crippen LogP contribution in [0.4, 0.5) is 0 Å². The summed E-state index contributed by atoms with van der Waals surface area (Å²) in [6, 6.07) is 14.8. The van der Waals surface area contributed by atoms with Crippen LogP contribution in [0.2, 0.25) is 5.02 Å². The first-order chi connectivity index (χ1) is 11.6. The van der Waals surface area contributed by atoms with Crippen molar-refractivity contribution in [1.29, 1.82) is 0 Å². The number of carbonyl (C=O) groups is 1. The van der Waals surface area contributed by atoms with Crippen LogP contribution in [-0.4, -0.2) is 15.9 Å². The van der Waals surface area contributed by atoms with Crippen LogP contribution in [-0.2, 0) is 9.53 Å². The molecule has 0 aliphatic heterocycles. The van der Waals surface area contributed by atoms with E-state index in [1.54, 1.807) is 25.3 Å². The van der Waals surface area contributed by atoms with Crippen molar-refractivity contribution in [2.24, 2.45) is 0 Å². The largest absolute Gasteiger partial charge is 0.455 e. The van der Waals surface area contributed by atoms with Crippen molar-refractivity contribution in [3.8, 4) is 0 Å². The van der Waals surface area contributed by atoms with Gasteiger partial charge in [-0.05, 0) is 31.2 Å². The maximum atomic E-state index is 12.0. The average molecular weight is 339 g/mol. The van der Waals surface area contributed by atoms with E-state index in [-0.39, 0.29) is 0 Å². The zero-order valence-electron chi connectivity index (χ0n) is 13.0. The summed E-state index contributed by atoms with van der Waals surface area (Å²) in [7, 11) is 0. The first-order valence-corrected chi connectivity index (χ1v) is 7.86. The topological polar surface area (TPSA) is 52.1 Å². The fraction of sp³-hybridized carbons (Fsp3) is 0.105. The third-order valence-corrected chi connectivity index (χ3v) is 3.84. The van der Waals surface area contributed by atoms with E-state index in [4.69, 9.17) is 16.3 Å². The number of aromatic nitrogens is 2. The van der Waals surface area contributed by atoms with E-state index >= 15 is 0 Å². The van der Waals surface area contributed by atoms with Crippen molar-refractivity contribution in [2.75, 3.05) is 0 Å². The molecule has 3 aromatic rings. The molecule has 1 heterocycles. The van der Waals surface area contributed by atoms with Crippen LogP contribution in [0.3, 0.4) is 0 Å². The second kappa shape index (κ2) is 7.23. The highest BCUT2D eigenvalue weighted by Crippen LogP contribution is 2.25. The molecule has 0 spiro atoms. The van der Waals surface area contributed by atoms with Gasteiger partial charge < -0.3 is 4.74 Å². The van der Waals surface area contributed by atoms with E-state index in [1.165, 1.54) is 6.08 Å². The second-order valence-electron chi connectivity index (χ2n) is 5.22. The van der Waals surface area contributed by atoms with Crippen molar-refractivity contribution < 1.29 is 9.53 Å². The lowest BCUT2D eigenvalue weighted by Gasteiger charge is -2.13. The minimum absolute atomic E-state index is 0.432. The van der Waals surface area contributed by atoms with Gasteiger partial charge in [-0.15, -0.1) is 0 Å². The summed E-state index contributed by atoms with van der Waals surface area (Å²) in [4.78, 5) is 20.7. The molecule has 3 rings (SSSR count). The number of halogens is 1. The summed E-state index contributed by atoms with van der Waals surface area (Å²) in [6.45, 7) is 1.78. The van der Waals surface area contributed by atoms with Gasteiger partial charge in [0.1, 0.15) is 6.10 Å². The Labute approximate surface area is 144 Å². The van der Waals surface area contributed by atoms with Gasteiger partial charge in [-0.3, -0.25) is 4.98 Å². The zero-order valence-corrected chi connectivity index (χ0v) is 13.8. The summed E-state index contributed by atoms with van der Waals surface area (Å²) in [5, 5.41) is 0.571. The summed E-state index contributed by atoms with van der Waals surface area (Å²) in [6.07, 6.45) is 4.11. The molecule has 0 N–H and O–H groups in total. The number of carbonyl (C=O) groups excluding carboxylic acids is 1. The van der Waals surface area contributed by atoms with E-state index in [9.17, 15) is 4.79 Å².